The number of nitrogens with two attached hydrogens (primary N) is 1. The lowest BCUT2D eigenvalue weighted by Crippen LogP contribution is -2.43. The molecule has 2 aromatic rings. The number of hydrogen-bond acceptors (Lipinski definition) is 5. The van der Waals surface area contributed by atoms with Crippen molar-refractivity contribution in [3.63, 3.8) is 0 Å². The Hall–Kier alpha value is -1.92. The molecule has 0 radical (unpaired) electrons. The van der Waals surface area contributed by atoms with E-state index in [-0.39, 0.29) is 18.3 Å². The third kappa shape index (κ3) is 3.01. The number of hydrogen-bond donors (Lipinski definition) is 1. The van der Waals surface area contributed by atoms with Gasteiger partial charge in [-0.3, -0.25) is 4.79 Å². The second kappa shape index (κ2) is 7.00. The molecule has 2 fully saturated rings. The van der Waals surface area contributed by atoms with E-state index in [4.69, 9.17) is 10.3 Å². The molecule has 1 unspecified atom stereocenters. The van der Waals surface area contributed by atoms with Crippen LogP contribution in [0.25, 0.3) is 0 Å². The molecular formula is C19H25ClN4O2. The average Bonchev–Trinajstić information content (AvgIpc) is 3.35. The molecule has 1 aromatic heterocycles. The maximum absolute atomic E-state index is 13.0. The maximum Gasteiger partial charge on any atom is 0.254 e. The van der Waals surface area contributed by atoms with Crippen LogP contribution >= 0.6 is 12.4 Å². The third-order valence-corrected chi connectivity index (χ3v) is 5.73. The second-order valence-electron chi connectivity index (χ2n) is 7.49. The van der Waals surface area contributed by atoms with Gasteiger partial charge in [-0.25, -0.2) is 0 Å². The zero-order valence-electron chi connectivity index (χ0n) is 15.0. The second-order valence-corrected chi connectivity index (χ2v) is 7.49. The van der Waals surface area contributed by atoms with Gasteiger partial charge in [0.25, 0.3) is 11.8 Å². The first-order chi connectivity index (χ1) is 12.0. The van der Waals surface area contributed by atoms with Gasteiger partial charge in [-0.05, 0) is 44.7 Å². The summed E-state index contributed by atoms with van der Waals surface area (Å²) in [6.07, 6.45) is 5.68. The molecule has 1 aliphatic carbocycles. The van der Waals surface area contributed by atoms with Crippen LogP contribution in [0.2, 0.25) is 0 Å². The zero-order valence-corrected chi connectivity index (χ0v) is 15.8. The molecule has 2 aliphatic rings. The van der Waals surface area contributed by atoms with E-state index in [0.717, 1.165) is 38.5 Å². The highest BCUT2D eigenvalue weighted by Gasteiger charge is 2.47. The summed E-state index contributed by atoms with van der Waals surface area (Å²) in [5, 5.41) is 4.18. The van der Waals surface area contributed by atoms with E-state index in [2.05, 4.69) is 10.1 Å². The van der Waals surface area contributed by atoms with Crippen molar-refractivity contribution in [2.75, 3.05) is 6.54 Å². The molecule has 0 spiro atoms. The number of aromatic nitrogens is 2. The highest BCUT2D eigenvalue weighted by Crippen LogP contribution is 2.40. The van der Waals surface area contributed by atoms with Crippen molar-refractivity contribution in [1.82, 2.24) is 15.0 Å². The number of halogens is 1. The van der Waals surface area contributed by atoms with Crippen LogP contribution < -0.4 is 5.73 Å². The Kier molecular flexibility index (Phi) is 5.08. The molecule has 1 atom stereocenters. The molecular weight excluding hydrogens is 352 g/mol. The first-order valence-electron chi connectivity index (χ1n) is 9.04. The van der Waals surface area contributed by atoms with Crippen molar-refractivity contribution in [1.29, 1.82) is 0 Å². The topological polar surface area (TPSA) is 85.2 Å². The van der Waals surface area contributed by atoms with Gasteiger partial charge in [-0.1, -0.05) is 36.2 Å². The van der Waals surface area contributed by atoms with Crippen molar-refractivity contribution in [2.24, 2.45) is 5.73 Å². The number of nitrogens with zero attached hydrogens (tertiary/aromatic N) is 3. The standard InChI is InChI=1S/C19H24N4O2.ClH/c1-18(17-21-16(22-25-17)19(20)11-5-6-12-19)10-7-13-23(18)15(24)14-8-3-2-4-9-14;/h2-4,8-9H,5-7,10-13,20H2,1H3;1H. The van der Waals surface area contributed by atoms with E-state index in [9.17, 15) is 4.79 Å². The molecule has 1 saturated carbocycles. The predicted octanol–water partition coefficient (Wildman–Crippen LogP) is 3.37. The summed E-state index contributed by atoms with van der Waals surface area (Å²) in [7, 11) is 0. The van der Waals surface area contributed by atoms with E-state index in [1.165, 1.54) is 0 Å². The molecule has 2 heterocycles. The van der Waals surface area contributed by atoms with Crippen LogP contribution in [-0.2, 0) is 11.1 Å². The van der Waals surface area contributed by atoms with E-state index in [0.29, 0.717) is 23.8 Å². The minimum absolute atomic E-state index is 0. The Balaban J connectivity index is 0.00000196. The molecule has 6 nitrogen and oxygen atoms in total. The SMILES string of the molecule is CC1(c2nc(C3(N)CCCC3)no2)CCCN1C(=O)c1ccccc1.Cl. The quantitative estimate of drug-likeness (QED) is 0.887. The molecule has 1 saturated heterocycles. The lowest BCUT2D eigenvalue weighted by Gasteiger charge is -2.32. The average molecular weight is 377 g/mol. The van der Waals surface area contributed by atoms with Crippen LogP contribution in [0, 0.1) is 0 Å². The normalized spacial score (nSPS) is 24.5. The lowest BCUT2D eigenvalue weighted by atomic mass is 9.96. The molecule has 1 aromatic carbocycles. The van der Waals surface area contributed by atoms with Gasteiger partial charge in [0.1, 0.15) is 5.54 Å². The van der Waals surface area contributed by atoms with Gasteiger partial charge in [0, 0.05) is 12.1 Å². The highest BCUT2D eigenvalue weighted by molar-refractivity contribution is 5.94. The monoisotopic (exact) mass is 376 g/mol. The maximum atomic E-state index is 13.0. The van der Waals surface area contributed by atoms with Gasteiger partial charge in [0.2, 0.25) is 0 Å². The summed E-state index contributed by atoms with van der Waals surface area (Å²) in [6, 6.07) is 9.35. The van der Waals surface area contributed by atoms with Gasteiger partial charge >= 0.3 is 0 Å². The van der Waals surface area contributed by atoms with Crippen molar-refractivity contribution in [2.45, 2.75) is 56.5 Å². The van der Waals surface area contributed by atoms with E-state index >= 15 is 0 Å². The van der Waals surface area contributed by atoms with E-state index < -0.39 is 11.1 Å². The Morgan fingerprint density at radius 1 is 1.15 bits per heavy atom. The summed E-state index contributed by atoms with van der Waals surface area (Å²) in [6.45, 7) is 2.70. The van der Waals surface area contributed by atoms with Crippen molar-refractivity contribution in [3.05, 3.63) is 47.6 Å². The number of benzene rings is 1. The Morgan fingerprint density at radius 2 is 1.85 bits per heavy atom. The smallest absolute Gasteiger partial charge is 0.254 e. The lowest BCUT2D eigenvalue weighted by molar-refractivity contribution is 0.0551. The predicted molar refractivity (Wildman–Crippen MR) is 99.9 cm³/mol. The summed E-state index contributed by atoms with van der Waals surface area (Å²) < 4.78 is 5.61. The summed E-state index contributed by atoms with van der Waals surface area (Å²) in [5.74, 6) is 1.09. The zero-order chi connectivity index (χ0) is 17.5. The number of carbonyl (C=O) groups is 1. The fraction of sp³-hybridized carbons (Fsp3) is 0.526. The summed E-state index contributed by atoms with van der Waals surface area (Å²) in [4.78, 5) is 19.5. The Labute approximate surface area is 159 Å². The molecule has 140 valence electrons. The van der Waals surface area contributed by atoms with Gasteiger partial charge < -0.3 is 15.2 Å². The first-order valence-corrected chi connectivity index (χ1v) is 9.04. The van der Waals surface area contributed by atoms with Crippen LogP contribution in [-0.4, -0.2) is 27.5 Å². The van der Waals surface area contributed by atoms with Gasteiger partial charge in [0.05, 0.1) is 5.54 Å². The van der Waals surface area contributed by atoms with Gasteiger partial charge in [0.15, 0.2) is 5.82 Å². The summed E-state index contributed by atoms with van der Waals surface area (Å²) in [5.41, 5.74) is 6.08. The molecule has 26 heavy (non-hydrogen) atoms. The van der Waals surface area contributed by atoms with Gasteiger partial charge in [-0.15, -0.1) is 12.4 Å². The van der Waals surface area contributed by atoms with Crippen LogP contribution in [0.3, 0.4) is 0 Å². The van der Waals surface area contributed by atoms with E-state index in [1.807, 2.05) is 42.2 Å². The fourth-order valence-corrected chi connectivity index (χ4v) is 4.12. The Bertz CT molecular complexity index is 773. The van der Waals surface area contributed by atoms with Gasteiger partial charge in [-0.2, -0.15) is 4.98 Å². The van der Waals surface area contributed by atoms with Crippen molar-refractivity contribution >= 4 is 18.3 Å². The molecule has 1 amide bonds. The third-order valence-electron chi connectivity index (χ3n) is 5.73. The van der Waals surface area contributed by atoms with Crippen molar-refractivity contribution < 1.29 is 9.32 Å². The van der Waals surface area contributed by atoms with Crippen LogP contribution in [0.15, 0.2) is 34.9 Å². The molecule has 2 N–H and O–H groups in total. The van der Waals surface area contributed by atoms with Crippen LogP contribution in [0.5, 0.6) is 0 Å². The molecule has 7 heteroatoms. The largest absolute Gasteiger partial charge is 0.337 e. The highest BCUT2D eigenvalue weighted by atomic mass is 35.5. The minimum Gasteiger partial charge on any atom is -0.337 e. The number of rotatable bonds is 3. The molecule has 1 aliphatic heterocycles. The number of carbonyl (C=O) groups excluding carboxylic acids is 1. The van der Waals surface area contributed by atoms with Crippen LogP contribution in [0.4, 0.5) is 0 Å². The summed E-state index contributed by atoms with van der Waals surface area (Å²) >= 11 is 0. The number of amides is 1. The van der Waals surface area contributed by atoms with E-state index in [1.54, 1.807) is 0 Å². The minimum atomic E-state index is -0.576. The fourth-order valence-electron chi connectivity index (χ4n) is 4.12. The van der Waals surface area contributed by atoms with Crippen molar-refractivity contribution in [3.8, 4) is 0 Å². The first kappa shape index (κ1) is 18.9. The molecule has 4 rings (SSSR count). The van der Waals surface area contributed by atoms with Crippen LogP contribution in [0.1, 0.15) is 67.5 Å². The molecule has 0 bridgehead atoms. The Morgan fingerprint density at radius 3 is 2.54 bits per heavy atom. The number of likely N-dealkylation sites (tertiary alicyclic amines) is 1.